The van der Waals surface area contributed by atoms with Crippen LogP contribution >= 0.6 is 0 Å². The smallest absolute Gasteiger partial charge is 0.262 e. The minimum Gasteiger partial charge on any atom is -0.490 e. The molecule has 4 heterocycles. The second kappa shape index (κ2) is 8.87. The maximum atomic E-state index is 13.0. The number of carbonyl (C=O) groups is 4. The molecule has 1 N–H and O–H groups in total. The van der Waals surface area contributed by atoms with E-state index in [1.165, 1.54) is 19.5 Å². The summed E-state index contributed by atoms with van der Waals surface area (Å²) in [4.78, 5) is 55.3. The average Bonchev–Trinajstić information content (AvgIpc) is 3.30. The third kappa shape index (κ3) is 4.39. The molecule has 9 nitrogen and oxygen atoms in total. The maximum Gasteiger partial charge on any atom is 0.262 e. The molecule has 4 aliphatic rings. The van der Waals surface area contributed by atoms with Crippen LogP contribution in [0.25, 0.3) is 0 Å². The fourth-order valence-corrected chi connectivity index (χ4v) is 5.47. The van der Waals surface area contributed by atoms with Gasteiger partial charge in [0.1, 0.15) is 17.9 Å². The Bertz CT molecular complexity index is 987. The van der Waals surface area contributed by atoms with Crippen molar-refractivity contribution in [3.8, 4) is 5.75 Å². The lowest BCUT2D eigenvalue weighted by molar-refractivity contribution is -0.136. The number of rotatable bonds is 5. The molecule has 5 rings (SSSR count). The molecule has 0 aromatic heterocycles. The lowest BCUT2D eigenvalue weighted by Gasteiger charge is -2.33. The summed E-state index contributed by atoms with van der Waals surface area (Å²) in [5, 5.41) is 2.21. The molecule has 0 radical (unpaired) electrons. The van der Waals surface area contributed by atoms with E-state index in [0.29, 0.717) is 5.75 Å². The predicted molar refractivity (Wildman–Crippen MR) is 119 cm³/mol. The molecule has 4 aliphatic heterocycles. The number of hydrogen-bond donors (Lipinski definition) is 1. The van der Waals surface area contributed by atoms with Gasteiger partial charge < -0.3 is 14.5 Å². The van der Waals surface area contributed by atoms with Crippen LogP contribution in [-0.4, -0.2) is 90.2 Å². The molecule has 33 heavy (non-hydrogen) atoms. The molecule has 176 valence electrons. The molecule has 1 aromatic carbocycles. The van der Waals surface area contributed by atoms with Crippen LogP contribution < -0.4 is 10.1 Å². The zero-order valence-corrected chi connectivity index (χ0v) is 18.9. The van der Waals surface area contributed by atoms with E-state index >= 15 is 0 Å². The lowest BCUT2D eigenvalue weighted by atomic mass is 10.0. The molecule has 2 unspecified atom stereocenters. The van der Waals surface area contributed by atoms with E-state index in [1.54, 1.807) is 18.2 Å². The predicted octanol–water partition coefficient (Wildman–Crippen LogP) is 0.883. The minimum absolute atomic E-state index is 0.0731. The topological polar surface area (TPSA) is 99.3 Å². The van der Waals surface area contributed by atoms with Gasteiger partial charge in [-0.2, -0.15) is 0 Å². The highest BCUT2D eigenvalue weighted by Crippen LogP contribution is 2.31. The molecular formula is C24H30N4O5. The van der Waals surface area contributed by atoms with Crippen LogP contribution in [0.3, 0.4) is 0 Å². The number of ether oxygens (including phenoxy) is 1. The molecule has 0 saturated carbocycles. The zero-order chi connectivity index (χ0) is 23.1. The Kier molecular flexibility index (Phi) is 5.92. The van der Waals surface area contributed by atoms with Gasteiger partial charge in [0.05, 0.1) is 11.1 Å². The lowest BCUT2D eigenvalue weighted by Crippen LogP contribution is -2.54. The van der Waals surface area contributed by atoms with Gasteiger partial charge >= 0.3 is 0 Å². The van der Waals surface area contributed by atoms with Crippen LogP contribution in [0.15, 0.2) is 18.2 Å². The highest BCUT2D eigenvalue weighted by Gasteiger charge is 2.44. The third-order valence-corrected chi connectivity index (χ3v) is 7.25. The Morgan fingerprint density at radius 1 is 0.970 bits per heavy atom. The van der Waals surface area contributed by atoms with Crippen molar-refractivity contribution in [2.24, 2.45) is 5.92 Å². The van der Waals surface area contributed by atoms with E-state index in [0.717, 1.165) is 43.3 Å². The van der Waals surface area contributed by atoms with Crippen LogP contribution in [0.1, 0.15) is 52.8 Å². The van der Waals surface area contributed by atoms with Crippen molar-refractivity contribution in [1.82, 2.24) is 20.0 Å². The molecule has 0 spiro atoms. The van der Waals surface area contributed by atoms with E-state index in [2.05, 4.69) is 22.2 Å². The van der Waals surface area contributed by atoms with Crippen LogP contribution in [0.4, 0.5) is 0 Å². The van der Waals surface area contributed by atoms with Crippen LogP contribution in [-0.2, 0) is 9.59 Å². The maximum absolute atomic E-state index is 13.0. The highest BCUT2D eigenvalue weighted by molar-refractivity contribution is 6.23. The second-order valence-corrected chi connectivity index (χ2v) is 9.69. The summed E-state index contributed by atoms with van der Waals surface area (Å²) in [5.74, 6) is -0.678. The Morgan fingerprint density at radius 2 is 1.73 bits per heavy atom. The normalized spacial score (nSPS) is 27.2. The third-order valence-electron chi connectivity index (χ3n) is 7.25. The summed E-state index contributed by atoms with van der Waals surface area (Å²) in [5.41, 5.74) is 0.526. The van der Waals surface area contributed by atoms with Gasteiger partial charge in [-0.1, -0.05) is 0 Å². The van der Waals surface area contributed by atoms with Gasteiger partial charge in [0.2, 0.25) is 11.8 Å². The van der Waals surface area contributed by atoms with Crippen molar-refractivity contribution in [2.75, 3.05) is 39.8 Å². The van der Waals surface area contributed by atoms with Crippen molar-refractivity contribution in [1.29, 1.82) is 0 Å². The van der Waals surface area contributed by atoms with Gasteiger partial charge in [0, 0.05) is 32.6 Å². The number of nitrogens with zero attached hydrogens (tertiary/aromatic N) is 3. The number of carbonyl (C=O) groups excluding carboxylic acids is 4. The first kappa shape index (κ1) is 22.0. The van der Waals surface area contributed by atoms with Gasteiger partial charge in [0.15, 0.2) is 0 Å². The summed E-state index contributed by atoms with van der Waals surface area (Å²) in [6, 6.07) is 3.98. The number of hydrogen-bond acceptors (Lipinski definition) is 7. The molecular weight excluding hydrogens is 424 g/mol. The fraction of sp³-hybridized carbons (Fsp3) is 0.583. The van der Waals surface area contributed by atoms with Crippen LogP contribution in [0.2, 0.25) is 0 Å². The number of piperidine rings is 2. The first-order valence-electron chi connectivity index (χ1n) is 11.8. The summed E-state index contributed by atoms with van der Waals surface area (Å²) in [7, 11) is 2.18. The molecule has 3 saturated heterocycles. The minimum atomic E-state index is -0.955. The van der Waals surface area contributed by atoms with E-state index < -0.39 is 23.8 Å². The number of fused-ring (bicyclic) bond motifs is 1. The molecule has 0 bridgehead atoms. The number of benzene rings is 1. The number of amides is 4. The average molecular weight is 455 g/mol. The summed E-state index contributed by atoms with van der Waals surface area (Å²) in [6.07, 6.45) is 3.45. The van der Waals surface area contributed by atoms with Crippen LogP contribution in [0.5, 0.6) is 5.75 Å². The van der Waals surface area contributed by atoms with Crippen molar-refractivity contribution >= 4 is 23.6 Å². The molecule has 0 aliphatic carbocycles. The zero-order valence-electron chi connectivity index (χ0n) is 18.9. The Labute approximate surface area is 193 Å². The van der Waals surface area contributed by atoms with Gasteiger partial charge in [-0.15, -0.1) is 0 Å². The molecule has 2 atom stereocenters. The number of likely N-dealkylation sites (tertiary alicyclic amines) is 2. The van der Waals surface area contributed by atoms with E-state index in [4.69, 9.17) is 4.74 Å². The second-order valence-electron chi connectivity index (χ2n) is 9.69. The standard InChI is InChI=1S/C24H30N4O5/c1-26-9-6-15(13-26)14-27-10-7-16(8-11-27)33-17-2-3-18-19(12-17)24(32)28(23(18)31)20-4-5-21(29)25-22(20)30/h2-3,12,15-16,20H,4-11,13-14H2,1H3,(H,25,29,30). The quantitative estimate of drug-likeness (QED) is 0.660. The molecule has 4 amide bonds. The Hall–Kier alpha value is -2.78. The summed E-state index contributed by atoms with van der Waals surface area (Å²) in [6.45, 7) is 5.49. The van der Waals surface area contributed by atoms with Crippen molar-refractivity contribution in [2.45, 2.75) is 44.2 Å². The Morgan fingerprint density at radius 3 is 2.42 bits per heavy atom. The highest BCUT2D eigenvalue weighted by atomic mass is 16.5. The SMILES string of the molecule is CN1CCC(CN2CCC(Oc3ccc4c(c3)C(=O)N(C3CCC(=O)NC3=O)C4=O)CC2)C1. The molecule has 3 fully saturated rings. The van der Waals surface area contributed by atoms with Crippen molar-refractivity contribution in [3.05, 3.63) is 29.3 Å². The largest absolute Gasteiger partial charge is 0.490 e. The summed E-state index contributed by atoms with van der Waals surface area (Å²) < 4.78 is 6.17. The monoisotopic (exact) mass is 454 g/mol. The summed E-state index contributed by atoms with van der Waals surface area (Å²) >= 11 is 0. The van der Waals surface area contributed by atoms with Gasteiger partial charge in [0.25, 0.3) is 11.8 Å². The fourth-order valence-electron chi connectivity index (χ4n) is 5.47. The van der Waals surface area contributed by atoms with E-state index in [-0.39, 0.29) is 36.0 Å². The van der Waals surface area contributed by atoms with E-state index in [9.17, 15) is 19.2 Å². The Balaban J connectivity index is 1.20. The molecule has 9 heteroatoms. The first-order valence-corrected chi connectivity index (χ1v) is 11.8. The van der Waals surface area contributed by atoms with Crippen molar-refractivity contribution < 1.29 is 23.9 Å². The first-order chi connectivity index (χ1) is 15.9. The van der Waals surface area contributed by atoms with E-state index in [1.807, 2.05) is 0 Å². The van der Waals surface area contributed by atoms with Crippen molar-refractivity contribution in [3.63, 3.8) is 0 Å². The van der Waals surface area contributed by atoms with Crippen LogP contribution in [0, 0.1) is 5.92 Å². The van der Waals surface area contributed by atoms with Gasteiger partial charge in [-0.05, 0) is 63.4 Å². The molecule has 1 aromatic rings. The van der Waals surface area contributed by atoms with Gasteiger partial charge in [-0.25, -0.2) is 0 Å². The number of nitrogens with one attached hydrogen (secondary N) is 1. The van der Waals surface area contributed by atoms with Gasteiger partial charge in [-0.3, -0.25) is 29.4 Å². The number of imide groups is 2.